The van der Waals surface area contributed by atoms with Crippen LogP contribution >= 0.6 is 0 Å². The lowest BCUT2D eigenvalue weighted by atomic mass is 10.2. The molecule has 0 spiro atoms. The van der Waals surface area contributed by atoms with Gasteiger partial charge in [0.25, 0.3) is 0 Å². The van der Waals surface area contributed by atoms with Crippen LogP contribution in [0.25, 0.3) is 22.1 Å². The Balaban J connectivity index is 1.71. The number of nitrogens with zero attached hydrogens (tertiary/aromatic N) is 6. The van der Waals surface area contributed by atoms with Crippen molar-refractivity contribution in [2.45, 2.75) is 19.4 Å². The number of anilines is 1. The number of sulfonamides is 1. The normalized spacial score (nSPS) is 17.8. The van der Waals surface area contributed by atoms with Crippen LogP contribution in [0, 0.1) is 18.3 Å². The van der Waals surface area contributed by atoms with Crippen molar-refractivity contribution in [1.29, 1.82) is 5.26 Å². The molecule has 134 valence electrons. The Morgan fingerprint density at radius 1 is 1.46 bits per heavy atom. The second kappa shape index (κ2) is 6.15. The van der Waals surface area contributed by atoms with E-state index in [0.717, 1.165) is 16.6 Å². The lowest BCUT2D eigenvalue weighted by Crippen LogP contribution is -2.38. The van der Waals surface area contributed by atoms with E-state index in [9.17, 15) is 8.42 Å². The predicted molar refractivity (Wildman–Crippen MR) is 94.9 cm³/mol. The van der Waals surface area contributed by atoms with Gasteiger partial charge in [-0.05, 0) is 19.4 Å². The Kier molecular flexibility index (Phi) is 3.93. The predicted octanol–water partition coefficient (Wildman–Crippen LogP) is 0.231. The average Bonchev–Trinajstić information content (AvgIpc) is 3.22. The minimum absolute atomic E-state index is 0.266. The second-order valence-electron chi connectivity index (χ2n) is 6.22. The maximum atomic E-state index is 11.8. The van der Waals surface area contributed by atoms with Crippen molar-refractivity contribution >= 4 is 37.9 Å². The van der Waals surface area contributed by atoms with Crippen molar-refractivity contribution in [1.82, 2.24) is 29.9 Å². The SMILES string of the molecule is Cc1nc(N2CCC(NS(=O)(=O)CC#N)C2)c2c(nnc3nccc32)[nH]1. The minimum Gasteiger partial charge on any atom is -0.354 e. The molecular formula is C15H16N8O2S. The van der Waals surface area contributed by atoms with Gasteiger partial charge in [0.2, 0.25) is 10.0 Å². The van der Waals surface area contributed by atoms with Crippen molar-refractivity contribution in [3.05, 3.63) is 18.1 Å². The van der Waals surface area contributed by atoms with E-state index in [4.69, 9.17) is 5.26 Å². The van der Waals surface area contributed by atoms with Gasteiger partial charge in [0.1, 0.15) is 11.6 Å². The van der Waals surface area contributed by atoms with Gasteiger partial charge in [-0.25, -0.2) is 23.1 Å². The zero-order valence-electron chi connectivity index (χ0n) is 14.0. The molecule has 1 saturated heterocycles. The summed E-state index contributed by atoms with van der Waals surface area (Å²) in [7, 11) is -3.59. The minimum atomic E-state index is -3.59. The number of aryl methyl sites for hydroxylation is 1. The fourth-order valence-corrected chi connectivity index (χ4v) is 4.22. The van der Waals surface area contributed by atoms with Gasteiger partial charge in [-0.1, -0.05) is 0 Å². The lowest BCUT2D eigenvalue weighted by molar-refractivity contribution is 0.564. The van der Waals surface area contributed by atoms with Crippen LogP contribution in [0.2, 0.25) is 0 Å². The molecule has 0 aliphatic carbocycles. The summed E-state index contributed by atoms with van der Waals surface area (Å²) in [6.45, 7) is 2.94. The van der Waals surface area contributed by atoms with Gasteiger partial charge in [-0.15, -0.1) is 10.2 Å². The monoisotopic (exact) mass is 372 g/mol. The molecule has 3 aromatic rings. The summed E-state index contributed by atoms with van der Waals surface area (Å²) in [6.07, 6.45) is 2.30. The molecule has 1 fully saturated rings. The van der Waals surface area contributed by atoms with Gasteiger partial charge in [-0.2, -0.15) is 5.26 Å². The molecule has 0 saturated carbocycles. The van der Waals surface area contributed by atoms with E-state index in [1.54, 1.807) is 12.3 Å². The van der Waals surface area contributed by atoms with Crippen LogP contribution in [0.4, 0.5) is 5.82 Å². The van der Waals surface area contributed by atoms with Gasteiger partial charge in [0.05, 0.1) is 11.5 Å². The number of H-pyrrole nitrogens is 1. The van der Waals surface area contributed by atoms with E-state index in [-0.39, 0.29) is 6.04 Å². The Labute approximate surface area is 149 Å². The number of nitrogens with one attached hydrogen (secondary N) is 2. The maximum Gasteiger partial charge on any atom is 0.225 e. The summed E-state index contributed by atoms with van der Waals surface area (Å²) in [4.78, 5) is 14.0. The van der Waals surface area contributed by atoms with Gasteiger partial charge in [-0.3, -0.25) is 0 Å². The summed E-state index contributed by atoms with van der Waals surface area (Å²) in [5, 5.41) is 18.6. The molecule has 1 aliphatic rings. The first-order valence-corrected chi connectivity index (χ1v) is 9.72. The van der Waals surface area contributed by atoms with Crippen LogP contribution in [0.3, 0.4) is 0 Å². The molecule has 0 aromatic carbocycles. The Hall–Kier alpha value is -2.84. The van der Waals surface area contributed by atoms with Gasteiger partial charge in [0.15, 0.2) is 17.0 Å². The second-order valence-corrected chi connectivity index (χ2v) is 7.97. The van der Waals surface area contributed by atoms with Crippen molar-refractivity contribution in [2.75, 3.05) is 23.7 Å². The highest BCUT2D eigenvalue weighted by Crippen LogP contribution is 2.30. The number of aromatic amines is 1. The van der Waals surface area contributed by atoms with Gasteiger partial charge < -0.3 is 9.88 Å². The van der Waals surface area contributed by atoms with Gasteiger partial charge >= 0.3 is 0 Å². The van der Waals surface area contributed by atoms with Gasteiger partial charge in [0, 0.05) is 30.7 Å². The fraction of sp³-hybridized carbons (Fsp3) is 0.400. The molecule has 1 unspecified atom stereocenters. The topological polar surface area (TPSA) is 141 Å². The number of rotatable bonds is 4. The van der Waals surface area contributed by atoms with Crippen LogP contribution in [0.5, 0.6) is 0 Å². The molecule has 0 radical (unpaired) electrons. The Morgan fingerprint density at radius 2 is 2.31 bits per heavy atom. The third kappa shape index (κ3) is 2.93. The highest BCUT2D eigenvalue weighted by Gasteiger charge is 2.29. The van der Waals surface area contributed by atoms with Crippen LogP contribution in [-0.2, 0) is 10.0 Å². The number of hydrogen-bond acceptors (Lipinski definition) is 8. The lowest BCUT2D eigenvalue weighted by Gasteiger charge is -2.20. The van der Waals surface area contributed by atoms with Crippen molar-refractivity contribution in [2.24, 2.45) is 0 Å². The third-order valence-corrected chi connectivity index (χ3v) is 5.52. The first kappa shape index (κ1) is 16.6. The number of aromatic nitrogens is 5. The summed E-state index contributed by atoms with van der Waals surface area (Å²) in [5.74, 6) is 0.875. The smallest absolute Gasteiger partial charge is 0.225 e. The largest absolute Gasteiger partial charge is 0.354 e. The standard InChI is InChI=1S/C15H16N8O2S/c1-9-18-14-12(11-2-5-17-13(11)20-21-14)15(19-9)23-6-3-10(8-23)22-26(24,25)7-4-16/h2,5,10,22H,3,6-8H2,1H3,(H,18,19,21). The molecule has 26 heavy (non-hydrogen) atoms. The van der Waals surface area contributed by atoms with E-state index in [0.29, 0.717) is 36.6 Å². The number of hydrogen-bond donors (Lipinski definition) is 2. The third-order valence-electron chi connectivity index (χ3n) is 4.31. The first-order valence-electron chi connectivity index (χ1n) is 8.06. The molecule has 11 heteroatoms. The van der Waals surface area contributed by atoms with Crippen LogP contribution in [-0.4, -0.2) is 58.5 Å². The maximum absolute atomic E-state index is 11.8. The van der Waals surface area contributed by atoms with Crippen LogP contribution in [0.1, 0.15) is 12.2 Å². The highest BCUT2D eigenvalue weighted by atomic mass is 32.2. The summed E-state index contributed by atoms with van der Waals surface area (Å²) >= 11 is 0. The molecule has 4 heterocycles. The highest BCUT2D eigenvalue weighted by molar-refractivity contribution is 7.89. The zero-order chi connectivity index (χ0) is 18.3. The molecule has 1 aliphatic heterocycles. The fourth-order valence-electron chi connectivity index (χ4n) is 3.26. The molecular weight excluding hydrogens is 356 g/mol. The average molecular weight is 372 g/mol. The number of nitriles is 1. The molecule has 0 bridgehead atoms. The zero-order valence-corrected chi connectivity index (χ0v) is 14.8. The van der Waals surface area contributed by atoms with Crippen LogP contribution in [0.15, 0.2) is 12.3 Å². The van der Waals surface area contributed by atoms with Crippen molar-refractivity contribution < 1.29 is 8.42 Å². The van der Waals surface area contributed by atoms with Crippen molar-refractivity contribution in [3.63, 3.8) is 0 Å². The molecule has 10 nitrogen and oxygen atoms in total. The van der Waals surface area contributed by atoms with E-state index < -0.39 is 15.8 Å². The van der Waals surface area contributed by atoms with Crippen LogP contribution < -0.4 is 9.62 Å². The summed E-state index contributed by atoms with van der Waals surface area (Å²) < 4.78 is 26.3. The Bertz CT molecular complexity index is 1130. The quantitative estimate of drug-likeness (QED) is 0.663. The summed E-state index contributed by atoms with van der Waals surface area (Å²) in [6, 6.07) is 3.27. The first-order chi connectivity index (χ1) is 12.5. The van der Waals surface area contributed by atoms with E-state index in [1.165, 1.54) is 0 Å². The van der Waals surface area contributed by atoms with Crippen molar-refractivity contribution in [3.8, 4) is 6.07 Å². The molecule has 4 rings (SSSR count). The molecule has 1 atom stereocenters. The van der Waals surface area contributed by atoms with E-state index in [2.05, 4.69) is 29.9 Å². The molecule has 0 amide bonds. The number of fused-ring (bicyclic) bond motifs is 3. The molecule has 3 aromatic heterocycles. The summed E-state index contributed by atoms with van der Waals surface area (Å²) in [5.41, 5.74) is 1.16. The van der Waals surface area contributed by atoms with E-state index >= 15 is 0 Å². The van der Waals surface area contributed by atoms with E-state index in [1.807, 2.05) is 17.9 Å². The molecule has 2 N–H and O–H groups in total. The Morgan fingerprint density at radius 3 is 3.12 bits per heavy atom.